The molecule has 0 N–H and O–H groups in total. The van der Waals surface area contributed by atoms with E-state index >= 15 is 0 Å². The molecule has 2 nitrogen and oxygen atoms in total. The molecule has 0 atom stereocenters. The van der Waals surface area contributed by atoms with Gasteiger partial charge in [-0.3, -0.25) is 0 Å². The monoisotopic (exact) mass is 469 g/mol. The minimum atomic E-state index is -4.53. The molecular weight excluding hydrogens is 444 g/mol. The Bertz CT molecular complexity index is 978. The molecule has 2 aromatic carbocycles. The highest BCUT2D eigenvalue weighted by Gasteiger charge is 2.41. The van der Waals surface area contributed by atoms with Crippen molar-refractivity contribution in [1.82, 2.24) is 0 Å². The molecule has 0 aliphatic heterocycles. The van der Waals surface area contributed by atoms with E-state index in [0.29, 0.717) is 30.9 Å². The fourth-order valence-corrected chi connectivity index (χ4v) is 4.55. The Labute approximate surface area is 189 Å². The standard InChI is InChI=1S/C25H25F6NO/c1-2-3-15-4-6-16(7-5-15)8-9-17-10-22(28)24(23(29)11-17)25(30,31)33-18-12-20(26)19(14-32)21(27)13-18/h10-13,15-16H,2-9H2,1H3/t15-,16-. The van der Waals surface area contributed by atoms with Gasteiger partial charge in [-0.05, 0) is 42.4 Å². The third kappa shape index (κ3) is 6.01. The maximum Gasteiger partial charge on any atom is 0.432 e. The van der Waals surface area contributed by atoms with Gasteiger partial charge in [0.05, 0.1) is 0 Å². The number of rotatable bonds is 8. The number of benzene rings is 2. The molecule has 3 rings (SSSR count). The van der Waals surface area contributed by atoms with Crippen molar-refractivity contribution >= 4 is 0 Å². The van der Waals surface area contributed by atoms with Crippen LogP contribution in [0.5, 0.6) is 5.75 Å². The first kappa shape index (κ1) is 24.9. The van der Waals surface area contributed by atoms with Crippen LogP contribution in [0.3, 0.4) is 0 Å². The second-order valence-electron chi connectivity index (χ2n) is 8.64. The molecule has 178 valence electrons. The van der Waals surface area contributed by atoms with Crippen LogP contribution in [0.2, 0.25) is 0 Å². The van der Waals surface area contributed by atoms with Crippen LogP contribution in [0, 0.1) is 46.4 Å². The van der Waals surface area contributed by atoms with Gasteiger partial charge in [0.25, 0.3) is 0 Å². The highest BCUT2D eigenvalue weighted by atomic mass is 19.3. The first-order chi connectivity index (χ1) is 15.6. The van der Waals surface area contributed by atoms with E-state index in [0.717, 1.165) is 50.2 Å². The molecule has 0 heterocycles. The van der Waals surface area contributed by atoms with E-state index in [2.05, 4.69) is 11.7 Å². The zero-order valence-corrected chi connectivity index (χ0v) is 18.2. The largest absolute Gasteiger partial charge is 0.432 e. The predicted octanol–water partition coefficient (Wildman–Crippen LogP) is 7.78. The summed E-state index contributed by atoms with van der Waals surface area (Å²) in [7, 11) is 0. The minimum Gasteiger partial charge on any atom is -0.429 e. The fraction of sp³-hybridized carbons (Fsp3) is 0.480. The summed E-state index contributed by atoms with van der Waals surface area (Å²) in [6.45, 7) is 2.16. The summed E-state index contributed by atoms with van der Waals surface area (Å²) in [5.41, 5.74) is -2.36. The summed E-state index contributed by atoms with van der Waals surface area (Å²) in [5.74, 6) is -5.69. The molecule has 33 heavy (non-hydrogen) atoms. The molecule has 1 saturated carbocycles. The maximum atomic E-state index is 14.5. The van der Waals surface area contributed by atoms with Crippen molar-refractivity contribution in [3.05, 3.63) is 64.2 Å². The van der Waals surface area contributed by atoms with Crippen molar-refractivity contribution < 1.29 is 31.1 Å². The molecule has 1 aliphatic rings. The number of hydrogen-bond donors (Lipinski definition) is 0. The zero-order chi connectivity index (χ0) is 24.2. The van der Waals surface area contributed by atoms with E-state index in [1.54, 1.807) is 0 Å². The summed E-state index contributed by atoms with van der Waals surface area (Å²) >= 11 is 0. The molecular formula is C25H25F6NO. The summed E-state index contributed by atoms with van der Waals surface area (Å²) < 4.78 is 89.6. The summed E-state index contributed by atoms with van der Waals surface area (Å²) in [6, 6.07) is 3.64. The van der Waals surface area contributed by atoms with Gasteiger partial charge >= 0.3 is 6.11 Å². The number of nitrogens with zero attached hydrogens (tertiary/aromatic N) is 1. The molecule has 0 amide bonds. The first-order valence-corrected chi connectivity index (χ1v) is 11.1. The molecule has 0 unspecified atom stereocenters. The molecule has 1 fully saturated rings. The molecule has 0 aromatic heterocycles. The van der Waals surface area contributed by atoms with Crippen LogP contribution in [0.25, 0.3) is 0 Å². The van der Waals surface area contributed by atoms with E-state index in [4.69, 9.17) is 5.26 Å². The average molecular weight is 469 g/mol. The summed E-state index contributed by atoms with van der Waals surface area (Å²) in [5, 5.41) is 8.64. The van der Waals surface area contributed by atoms with Gasteiger partial charge in [0.1, 0.15) is 46.2 Å². The third-order valence-electron chi connectivity index (χ3n) is 6.27. The van der Waals surface area contributed by atoms with Gasteiger partial charge in [0, 0.05) is 12.1 Å². The second-order valence-corrected chi connectivity index (χ2v) is 8.64. The smallest absolute Gasteiger partial charge is 0.429 e. The summed E-state index contributed by atoms with van der Waals surface area (Å²) in [4.78, 5) is 0. The average Bonchev–Trinajstić information content (AvgIpc) is 2.72. The van der Waals surface area contributed by atoms with Crippen molar-refractivity contribution in [2.45, 2.75) is 64.4 Å². The van der Waals surface area contributed by atoms with Crippen molar-refractivity contribution in [3.63, 3.8) is 0 Å². The zero-order valence-electron chi connectivity index (χ0n) is 18.2. The van der Waals surface area contributed by atoms with Crippen LogP contribution in [-0.4, -0.2) is 0 Å². The number of ether oxygens (including phenoxy) is 1. The Morgan fingerprint density at radius 2 is 1.39 bits per heavy atom. The van der Waals surface area contributed by atoms with Gasteiger partial charge in [-0.2, -0.15) is 14.0 Å². The van der Waals surface area contributed by atoms with E-state index in [9.17, 15) is 26.3 Å². The van der Waals surface area contributed by atoms with Crippen LogP contribution < -0.4 is 4.74 Å². The highest BCUT2D eigenvalue weighted by Crippen LogP contribution is 2.37. The Hall–Kier alpha value is -2.69. The van der Waals surface area contributed by atoms with E-state index in [1.165, 1.54) is 12.5 Å². The van der Waals surface area contributed by atoms with Gasteiger partial charge in [0.15, 0.2) is 0 Å². The number of alkyl halides is 2. The molecule has 2 aromatic rings. The van der Waals surface area contributed by atoms with Crippen LogP contribution in [0.1, 0.15) is 68.6 Å². The topological polar surface area (TPSA) is 33.0 Å². The molecule has 0 radical (unpaired) electrons. The van der Waals surface area contributed by atoms with Crippen molar-refractivity contribution in [2.24, 2.45) is 11.8 Å². The van der Waals surface area contributed by atoms with Crippen LogP contribution in [0.15, 0.2) is 24.3 Å². The number of hydrogen-bond acceptors (Lipinski definition) is 2. The lowest BCUT2D eigenvalue weighted by Crippen LogP contribution is -2.25. The number of aryl methyl sites for hydroxylation is 1. The normalized spacial score (nSPS) is 18.7. The van der Waals surface area contributed by atoms with Gasteiger partial charge in [-0.15, -0.1) is 0 Å². The third-order valence-corrected chi connectivity index (χ3v) is 6.27. The fourth-order valence-electron chi connectivity index (χ4n) is 4.55. The van der Waals surface area contributed by atoms with E-state index in [1.807, 2.05) is 0 Å². The van der Waals surface area contributed by atoms with Crippen molar-refractivity contribution in [3.8, 4) is 11.8 Å². The summed E-state index contributed by atoms with van der Waals surface area (Å²) in [6.07, 6.45) is 3.29. The first-order valence-electron chi connectivity index (χ1n) is 11.1. The SMILES string of the molecule is CCC[C@H]1CC[C@H](CCc2cc(F)c(C(F)(F)Oc3cc(F)c(C#N)c(F)c3)c(F)c2)CC1. The minimum absolute atomic E-state index is 0.260. The Kier molecular flexibility index (Phi) is 7.93. The van der Waals surface area contributed by atoms with E-state index < -0.39 is 46.3 Å². The van der Waals surface area contributed by atoms with E-state index in [-0.39, 0.29) is 5.56 Å². The molecule has 0 saturated heterocycles. The highest BCUT2D eigenvalue weighted by molar-refractivity contribution is 5.38. The van der Waals surface area contributed by atoms with Crippen LogP contribution >= 0.6 is 0 Å². The molecule has 1 aliphatic carbocycles. The second kappa shape index (κ2) is 10.5. The molecule has 0 spiro atoms. The number of halogens is 6. The lowest BCUT2D eigenvalue weighted by Gasteiger charge is -2.28. The van der Waals surface area contributed by atoms with Gasteiger partial charge < -0.3 is 4.74 Å². The molecule has 0 bridgehead atoms. The molecule has 8 heteroatoms. The Balaban J connectivity index is 1.70. The van der Waals surface area contributed by atoms with Gasteiger partial charge in [-0.1, -0.05) is 45.4 Å². The predicted molar refractivity (Wildman–Crippen MR) is 111 cm³/mol. The lowest BCUT2D eigenvalue weighted by molar-refractivity contribution is -0.189. The Morgan fingerprint density at radius 3 is 1.88 bits per heavy atom. The van der Waals surface area contributed by atoms with Gasteiger partial charge in [-0.25, -0.2) is 17.6 Å². The van der Waals surface area contributed by atoms with Crippen molar-refractivity contribution in [1.29, 1.82) is 5.26 Å². The number of nitriles is 1. The van der Waals surface area contributed by atoms with Crippen LogP contribution in [0.4, 0.5) is 26.3 Å². The lowest BCUT2D eigenvalue weighted by atomic mass is 9.78. The van der Waals surface area contributed by atoms with Gasteiger partial charge in [0.2, 0.25) is 0 Å². The quantitative estimate of drug-likeness (QED) is 0.370. The maximum absolute atomic E-state index is 14.5. The Morgan fingerprint density at radius 1 is 0.879 bits per heavy atom. The van der Waals surface area contributed by atoms with Crippen LogP contribution in [-0.2, 0) is 12.5 Å². The van der Waals surface area contributed by atoms with Crippen molar-refractivity contribution in [2.75, 3.05) is 0 Å².